The molecule has 2 nitrogen and oxygen atoms in total. The fraction of sp³-hybridized carbons (Fsp3) is 0.632. The summed E-state index contributed by atoms with van der Waals surface area (Å²) in [4.78, 5) is 14.3. The van der Waals surface area contributed by atoms with Crippen LogP contribution in [0.4, 0.5) is 5.69 Å². The van der Waals surface area contributed by atoms with E-state index >= 15 is 0 Å². The van der Waals surface area contributed by atoms with Crippen LogP contribution in [0, 0.1) is 18.3 Å². The van der Waals surface area contributed by atoms with E-state index in [-0.39, 0.29) is 5.41 Å². The summed E-state index contributed by atoms with van der Waals surface area (Å²) in [6, 6.07) is 6.78. The summed E-state index contributed by atoms with van der Waals surface area (Å²) in [7, 11) is 0. The van der Waals surface area contributed by atoms with Crippen LogP contribution in [-0.4, -0.2) is 19.4 Å². The first kappa shape index (κ1) is 14.6. The number of aldehydes is 1. The van der Waals surface area contributed by atoms with Crippen molar-refractivity contribution in [3.05, 3.63) is 29.3 Å². The minimum atomic E-state index is -0.114. The van der Waals surface area contributed by atoms with E-state index < -0.39 is 0 Å². The van der Waals surface area contributed by atoms with E-state index in [1.54, 1.807) is 0 Å². The van der Waals surface area contributed by atoms with E-state index in [2.05, 4.69) is 36.9 Å². The van der Waals surface area contributed by atoms with Crippen LogP contribution in [0.15, 0.2) is 18.2 Å². The molecule has 2 aliphatic rings. The minimum Gasteiger partial charge on any atom is -0.370 e. The second-order valence-electron chi connectivity index (χ2n) is 7.34. The number of hydrogen-bond donors (Lipinski definition) is 0. The average molecular weight is 285 g/mol. The maximum absolute atomic E-state index is 11.8. The molecule has 1 fully saturated rings. The largest absolute Gasteiger partial charge is 0.370 e. The topological polar surface area (TPSA) is 20.3 Å². The first-order valence-corrected chi connectivity index (χ1v) is 8.43. The minimum absolute atomic E-state index is 0.114. The third-order valence-corrected chi connectivity index (χ3v) is 5.33. The standard InChI is InChI=1S/C19H27NO/c1-15-7-8-18-17(11-15)6-4-10-20(18)13-19(14-21)9-3-5-16(2)12-19/h7-8,11,14,16H,3-6,9-10,12-13H2,1-2H3. The molecular formula is C19H27NO. The van der Waals surface area contributed by atoms with E-state index in [1.165, 1.54) is 48.8 Å². The smallest absolute Gasteiger partial charge is 0.127 e. The Kier molecular flexibility index (Phi) is 4.05. The third kappa shape index (κ3) is 3.00. The molecule has 2 atom stereocenters. The molecule has 0 saturated heterocycles. The molecule has 0 aromatic heterocycles. The molecule has 1 aliphatic heterocycles. The zero-order valence-electron chi connectivity index (χ0n) is 13.4. The number of benzene rings is 1. The van der Waals surface area contributed by atoms with Crippen LogP contribution < -0.4 is 4.90 Å². The van der Waals surface area contributed by atoms with E-state index in [1.807, 2.05) is 0 Å². The van der Waals surface area contributed by atoms with Gasteiger partial charge in [-0.25, -0.2) is 0 Å². The Morgan fingerprint density at radius 3 is 3.00 bits per heavy atom. The lowest BCUT2D eigenvalue weighted by molar-refractivity contribution is -0.118. The van der Waals surface area contributed by atoms with Gasteiger partial charge in [-0.2, -0.15) is 0 Å². The number of carbonyl (C=O) groups is 1. The molecule has 1 aromatic rings. The molecule has 2 unspecified atom stereocenters. The van der Waals surface area contributed by atoms with Gasteiger partial charge < -0.3 is 9.69 Å². The third-order valence-electron chi connectivity index (χ3n) is 5.33. The molecule has 2 heteroatoms. The summed E-state index contributed by atoms with van der Waals surface area (Å²) in [5.74, 6) is 0.686. The number of rotatable bonds is 3. The van der Waals surface area contributed by atoms with Gasteiger partial charge in [0.1, 0.15) is 6.29 Å². The fourth-order valence-electron chi connectivity index (χ4n) is 4.34. The van der Waals surface area contributed by atoms with Gasteiger partial charge in [-0.05, 0) is 50.2 Å². The summed E-state index contributed by atoms with van der Waals surface area (Å²) in [5.41, 5.74) is 4.06. The van der Waals surface area contributed by atoms with Gasteiger partial charge in [0.15, 0.2) is 0 Å². The van der Waals surface area contributed by atoms with Crippen LogP contribution >= 0.6 is 0 Å². The molecular weight excluding hydrogens is 258 g/mol. The Morgan fingerprint density at radius 1 is 1.38 bits per heavy atom. The van der Waals surface area contributed by atoms with Crippen molar-refractivity contribution >= 4 is 12.0 Å². The molecule has 3 rings (SSSR count). The Balaban J connectivity index is 1.83. The predicted molar refractivity (Wildman–Crippen MR) is 87.8 cm³/mol. The predicted octanol–water partition coefficient (Wildman–Crippen LogP) is 4.14. The molecule has 1 aliphatic carbocycles. The van der Waals surface area contributed by atoms with Crippen LogP contribution in [-0.2, 0) is 11.2 Å². The van der Waals surface area contributed by atoms with E-state index in [0.717, 1.165) is 25.9 Å². The van der Waals surface area contributed by atoms with Crippen LogP contribution in [0.2, 0.25) is 0 Å². The van der Waals surface area contributed by atoms with Gasteiger partial charge in [0.2, 0.25) is 0 Å². The summed E-state index contributed by atoms with van der Waals surface area (Å²) in [6.45, 7) is 6.47. The Hall–Kier alpha value is -1.31. The van der Waals surface area contributed by atoms with Crippen LogP contribution in [0.3, 0.4) is 0 Å². The first-order valence-electron chi connectivity index (χ1n) is 8.43. The Bertz CT molecular complexity index is 524. The van der Waals surface area contributed by atoms with Crippen molar-refractivity contribution in [2.24, 2.45) is 11.3 Å². The molecule has 1 heterocycles. The molecule has 0 radical (unpaired) electrons. The maximum atomic E-state index is 11.8. The molecule has 21 heavy (non-hydrogen) atoms. The number of carbonyl (C=O) groups excluding carboxylic acids is 1. The lowest BCUT2D eigenvalue weighted by Crippen LogP contribution is -2.43. The number of anilines is 1. The second-order valence-corrected chi connectivity index (χ2v) is 7.34. The fourth-order valence-corrected chi connectivity index (χ4v) is 4.34. The lowest BCUT2D eigenvalue weighted by Gasteiger charge is -2.42. The zero-order chi connectivity index (χ0) is 14.9. The van der Waals surface area contributed by atoms with Crippen molar-refractivity contribution in [1.29, 1.82) is 0 Å². The quantitative estimate of drug-likeness (QED) is 0.778. The van der Waals surface area contributed by atoms with Crippen molar-refractivity contribution in [2.45, 2.75) is 52.4 Å². The molecule has 1 aromatic carbocycles. The average Bonchev–Trinajstić information content (AvgIpc) is 2.47. The van der Waals surface area contributed by atoms with Gasteiger partial charge in [0, 0.05) is 24.2 Å². The zero-order valence-corrected chi connectivity index (χ0v) is 13.4. The monoisotopic (exact) mass is 285 g/mol. The highest BCUT2D eigenvalue weighted by atomic mass is 16.1. The maximum Gasteiger partial charge on any atom is 0.127 e. The Morgan fingerprint density at radius 2 is 2.24 bits per heavy atom. The van der Waals surface area contributed by atoms with Crippen LogP contribution in [0.25, 0.3) is 0 Å². The lowest BCUT2D eigenvalue weighted by atomic mass is 9.70. The number of hydrogen-bond acceptors (Lipinski definition) is 2. The summed E-state index contributed by atoms with van der Waals surface area (Å²) in [5, 5.41) is 0. The van der Waals surface area contributed by atoms with Crippen molar-refractivity contribution in [3.8, 4) is 0 Å². The Labute approximate surface area is 128 Å². The van der Waals surface area contributed by atoms with Crippen molar-refractivity contribution < 1.29 is 4.79 Å². The number of fused-ring (bicyclic) bond motifs is 1. The van der Waals surface area contributed by atoms with Crippen molar-refractivity contribution in [1.82, 2.24) is 0 Å². The summed E-state index contributed by atoms with van der Waals surface area (Å²) >= 11 is 0. The first-order chi connectivity index (χ1) is 10.1. The van der Waals surface area contributed by atoms with Crippen molar-refractivity contribution in [2.75, 3.05) is 18.0 Å². The van der Waals surface area contributed by atoms with E-state index in [4.69, 9.17) is 0 Å². The van der Waals surface area contributed by atoms with Gasteiger partial charge in [0.25, 0.3) is 0 Å². The highest BCUT2D eigenvalue weighted by Gasteiger charge is 2.37. The van der Waals surface area contributed by atoms with E-state index in [0.29, 0.717) is 5.92 Å². The van der Waals surface area contributed by atoms with Gasteiger partial charge in [-0.1, -0.05) is 37.5 Å². The molecule has 0 spiro atoms. The van der Waals surface area contributed by atoms with Gasteiger partial charge >= 0.3 is 0 Å². The van der Waals surface area contributed by atoms with Crippen molar-refractivity contribution in [3.63, 3.8) is 0 Å². The molecule has 114 valence electrons. The molecule has 0 amide bonds. The van der Waals surface area contributed by atoms with Gasteiger partial charge in [-0.3, -0.25) is 0 Å². The van der Waals surface area contributed by atoms with Crippen LogP contribution in [0.5, 0.6) is 0 Å². The molecule has 1 saturated carbocycles. The van der Waals surface area contributed by atoms with E-state index in [9.17, 15) is 4.79 Å². The van der Waals surface area contributed by atoms with Crippen LogP contribution in [0.1, 0.15) is 50.2 Å². The normalized spacial score (nSPS) is 29.0. The SMILES string of the molecule is Cc1ccc2c(c1)CCCN2CC1(C=O)CCCC(C)C1. The summed E-state index contributed by atoms with van der Waals surface area (Å²) < 4.78 is 0. The molecule has 0 bridgehead atoms. The number of nitrogens with zero attached hydrogens (tertiary/aromatic N) is 1. The van der Waals surface area contributed by atoms with Gasteiger partial charge in [0.05, 0.1) is 0 Å². The highest BCUT2D eigenvalue weighted by molar-refractivity contribution is 5.64. The number of aryl methyl sites for hydroxylation is 2. The molecule has 0 N–H and O–H groups in total. The van der Waals surface area contributed by atoms with Gasteiger partial charge in [-0.15, -0.1) is 0 Å². The second kappa shape index (κ2) is 5.82. The summed E-state index contributed by atoms with van der Waals surface area (Å²) in [6.07, 6.45) is 8.27. The highest BCUT2D eigenvalue weighted by Crippen LogP contribution is 2.40.